The molecular weight excluding hydrogens is 354 g/mol. The molecule has 0 saturated heterocycles. The highest BCUT2D eigenvalue weighted by Gasteiger charge is 2.16. The number of rotatable bonds is 10. The molecule has 0 aliphatic heterocycles. The largest absolute Gasteiger partial charge is 0.479 e. The Balaban J connectivity index is 1.90. The number of unbranched alkanes of at least 4 members (excludes halogenated alkanes) is 2. The van der Waals surface area contributed by atoms with Crippen LogP contribution in [0.1, 0.15) is 56.0 Å². The minimum Gasteiger partial charge on any atom is -0.479 e. The molecule has 5 nitrogen and oxygen atoms in total. The van der Waals surface area contributed by atoms with Crippen LogP contribution in [0.15, 0.2) is 48.5 Å². The van der Waals surface area contributed by atoms with Gasteiger partial charge < -0.3 is 14.8 Å². The minimum absolute atomic E-state index is 0.184. The number of hydrogen-bond acceptors (Lipinski definition) is 4. The van der Waals surface area contributed by atoms with Crippen molar-refractivity contribution in [2.75, 3.05) is 11.9 Å². The molecule has 5 heteroatoms. The second-order valence-corrected chi connectivity index (χ2v) is 6.62. The summed E-state index contributed by atoms with van der Waals surface area (Å²) in [6.45, 7) is 6.22. The van der Waals surface area contributed by atoms with Gasteiger partial charge in [0.25, 0.3) is 5.91 Å². The number of carbonyl (C=O) groups is 2. The van der Waals surface area contributed by atoms with E-state index in [2.05, 4.69) is 12.2 Å². The normalized spacial score (nSPS) is 11.5. The fraction of sp³-hybridized carbons (Fsp3) is 0.391. The van der Waals surface area contributed by atoms with Crippen LogP contribution in [0.2, 0.25) is 0 Å². The lowest BCUT2D eigenvalue weighted by Gasteiger charge is -2.14. The number of nitrogens with one attached hydrogen (secondary N) is 1. The Kier molecular flexibility index (Phi) is 8.53. The van der Waals surface area contributed by atoms with Crippen molar-refractivity contribution in [1.29, 1.82) is 0 Å². The Hall–Kier alpha value is -2.82. The molecule has 28 heavy (non-hydrogen) atoms. The third-order valence-corrected chi connectivity index (χ3v) is 4.40. The molecule has 0 spiro atoms. The summed E-state index contributed by atoms with van der Waals surface area (Å²) >= 11 is 0. The highest BCUT2D eigenvalue weighted by atomic mass is 16.6. The van der Waals surface area contributed by atoms with Crippen LogP contribution in [-0.4, -0.2) is 24.6 Å². The Morgan fingerprint density at radius 1 is 1.00 bits per heavy atom. The number of esters is 1. The highest BCUT2D eigenvalue weighted by molar-refractivity contribution is 6.04. The number of para-hydroxylation sites is 1. The lowest BCUT2D eigenvalue weighted by molar-refractivity contribution is -0.151. The van der Waals surface area contributed by atoms with Crippen LogP contribution in [-0.2, 0) is 16.0 Å². The summed E-state index contributed by atoms with van der Waals surface area (Å²) in [6, 6.07) is 14.5. The van der Waals surface area contributed by atoms with Gasteiger partial charge in [0.2, 0.25) is 0 Å². The van der Waals surface area contributed by atoms with E-state index >= 15 is 0 Å². The number of carbonyl (C=O) groups excluding carboxylic acids is 2. The van der Waals surface area contributed by atoms with Gasteiger partial charge in [-0.2, -0.15) is 0 Å². The van der Waals surface area contributed by atoms with E-state index in [-0.39, 0.29) is 11.9 Å². The predicted octanol–water partition coefficient (Wildman–Crippen LogP) is 5.00. The zero-order chi connectivity index (χ0) is 20.4. The molecule has 0 heterocycles. The molecule has 2 aromatic carbocycles. The van der Waals surface area contributed by atoms with Crippen molar-refractivity contribution >= 4 is 17.6 Å². The van der Waals surface area contributed by atoms with E-state index in [1.54, 1.807) is 31.2 Å². The van der Waals surface area contributed by atoms with E-state index in [1.165, 1.54) is 0 Å². The molecule has 2 aromatic rings. The number of benzene rings is 2. The number of hydrogen-bond donors (Lipinski definition) is 1. The van der Waals surface area contributed by atoms with Crippen molar-refractivity contribution in [3.8, 4) is 5.75 Å². The van der Waals surface area contributed by atoms with E-state index in [4.69, 9.17) is 9.47 Å². The molecule has 0 aliphatic carbocycles. The summed E-state index contributed by atoms with van der Waals surface area (Å²) in [5.74, 6) is -0.0477. The van der Waals surface area contributed by atoms with E-state index in [0.29, 0.717) is 17.9 Å². The molecule has 0 saturated carbocycles. The molecule has 0 radical (unpaired) electrons. The lowest BCUT2D eigenvalue weighted by Crippen LogP contribution is -2.26. The number of amides is 1. The van der Waals surface area contributed by atoms with Gasteiger partial charge in [0.15, 0.2) is 6.10 Å². The Bertz CT molecular complexity index is 770. The van der Waals surface area contributed by atoms with Gasteiger partial charge in [-0.05, 0) is 55.7 Å². The van der Waals surface area contributed by atoms with Crippen molar-refractivity contribution in [1.82, 2.24) is 0 Å². The SMILES string of the molecule is CCCCCOC(=O)[C@H](C)Oc1ccc(C(=O)Nc2ccccc2CC)cc1. The van der Waals surface area contributed by atoms with Gasteiger partial charge >= 0.3 is 5.97 Å². The molecular formula is C23H29NO4. The maximum atomic E-state index is 12.5. The van der Waals surface area contributed by atoms with E-state index < -0.39 is 6.10 Å². The van der Waals surface area contributed by atoms with Gasteiger partial charge in [0.1, 0.15) is 5.75 Å². The first-order valence-corrected chi connectivity index (χ1v) is 9.87. The molecule has 1 atom stereocenters. The van der Waals surface area contributed by atoms with Crippen molar-refractivity contribution in [2.45, 2.75) is 52.6 Å². The summed E-state index contributed by atoms with van der Waals surface area (Å²) in [5, 5.41) is 2.94. The van der Waals surface area contributed by atoms with Gasteiger partial charge in [-0.1, -0.05) is 44.9 Å². The third kappa shape index (κ3) is 6.41. The fourth-order valence-corrected chi connectivity index (χ4v) is 2.72. The summed E-state index contributed by atoms with van der Waals surface area (Å²) < 4.78 is 10.8. The smallest absolute Gasteiger partial charge is 0.347 e. The van der Waals surface area contributed by atoms with E-state index in [9.17, 15) is 9.59 Å². The van der Waals surface area contributed by atoms with Gasteiger partial charge in [-0.25, -0.2) is 4.79 Å². The van der Waals surface area contributed by atoms with Crippen molar-refractivity contribution in [2.24, 2.45) is 0 Å². The zero-order valence-corrected chi connectivity index (χ0v) is 16.9. The highest BCUT2D eigenvalue weighted by Crippen LogP contribution is 2.19. The molecule has 0 aliphatic rings. The maximum Gasteiger partial charge on any atom is 0.347 e. The molecule has 1 amide bonds. The van der Waals surface area contributed by atoms with Crippen molar-refractivity contribution < 1.29 is 19.1 Å². The summed E-state index contributed by atoms with van der Waals surface area (Å²) in [5.41, 5.74) is 2.42. The van der Waals surface area contributed by atoms with E-state index in [1.807, 2.05) is 31.2 Å². The Morgan fingerprint density at radius 3 is 2.39 bits per heavy atom. The second-order valence-electron chi connectivity index (χ2n) is 6.62. The monoisotopic (exact) mass is 383 g/mol. The molecule has 0 bridgehead atoms. The summed E-state index contributed by atoms with van der Waals surface area (Å²) in [4.78, 5) is 24.4. The maximum absolute atomic E-state index is 12.5. The third-order valence-electron chi connectivity index (χ3n) is 4.40. The minimum atomic E-state index is -0.697. The van der Waals surface area contributed by atoms with Crippen LogP contribution in [0.4, 0.5) is 5.69 Å². The van der Waals surface area contributed by atoms with Crippen LogP contribution in [0.3, 0.4) is 0 Å². The number of anilines is 1. The van der Waals surface area contributed by atoms with Gasteiger partial charge in [-0.3, -0.25) is 4.79 Å². The predicted molar refractivity (Wildman–Crippen MR) is 111 cm³/mol. The van der Waals surface area contributed by atoms with Crippen molar-refractivity contribution in [3.05, 3.63) is 59.7 Å². The van der Waals surface area contributed by atoms with Gasteiger partial charge in [-0.15, -0.1) is 0 Å². The lowest BCUT2D eigenvalue weighted by atomic mass is 10.1. The van der Waals surface area contributed by atoms with Gasteiger partial charge in [0, 0.05) is 11.3 Å². The first kappa shape index (κ1) is 21.5. The fourth-order valence-electron chi connectivity index (χ4n) is 2.72. The molecule has 0 unspecified atom stereocenters. The van der Waals surface area contributed by atoms with Crippen LogP contribution in [0.25, 0.3) is 0 Å². The average Bonchev–Trinajstić information content (AvgIpc) is 2.72. The molecule has 1 N–H and O–H groups in total. The summed E-state index contributed by atoms with van der Waals surface area (Å²) in [6.07, 6.45) is 3.12. The topological polar surface area (TPSA) is 64.6 Å². The summed E-state index contributed by atoms with van der Waals surface area (Å²) in [7, 11) is 0. The van der Waals surface area contributed by atoms with Gasteiger partial charge in [0.05, 0.1) is 6.61 Å². The molecule has 0 fully saturated rings. The van der Waals surface area contributed by atoms with Crippen molar-refractivity contribution in [3.63, 3.8) is 0 Å². The molecule has 2 rings (SSSR count). The standard InChI is InChI=1S/C23H29NO4/c1-4-6-9-16-27-23(26)17(3)28-20-14-12-19(13-15-20)22(25)24-21-11-8-7-10-18(21)5-2/h7-8,10-15,17H,4-6,9,16H2,1-3H3,(H,24,25)/t17-/m0/s1. The molecule has 0 aromatic heterocycles. The zero-order valence-electron chi connectivity index (χ0n) is 16.9. The molecule has 150 valence electrons. The van der Waals surface area contributed by atoms with E-state index in [0.717, 1.165) is 36.9 Å². The second kappa shape index (κ2) is 11.1. The van der Waals surface area contributed by atoms with Crippen LogP contribution >= 0.6 is 0 Å². The first-order valence-electron chi connectivity index (χ1n) is 9.87. The van der Waals surface area contributed by atoms with Crippen LogP contribution in [0, 0.1) is 0 Å². The Labute approximate surface area is 167 Å². The number of ether oxygens (including phenoxy) is 2. The van der Waals surface area contributed by atoms with Crippen LogP contribution in [0.5, 0.6) is 5.75 Å². The Morgan fingerprint density at radius 2 is 1.71 bits per heavy atom. The number of aryl methyl sites for hydroxylation is 1. The van der Waals surface area contributed by atoms with Crippen LogP contribution < -0.4 is 10.1 Å². The quantitative estimate of drug-likeness (QED) is 0.463. The average molecular weight is 383 g/mol. The first-order chi connectivity index (χ1) is 13.5.